The zero-order chi connectivity index (χ0) is 6.85. The maximum atomic E-state index is 3.96. The van der Waals surface area contributed by atoms with E-state index < -0.39 is 0 Å². The van der Waals surface area contributed by atoms with Crippen molar-refractivity contribution >= 4 is 0 Å². The summed E-state index contributed by atoms with van der Waals surface area (Å²) >= 11 is 0. The van der Waals surface area contributed by atoms with Crippen LogP contribution in [0.1, 0.15) is 20.3 Å². The van der Waals surface area contributed by atoms with E-state index in [4.69, 9.17) is 0 Å². The maximum Gasteiger partial charge on any atom is -0.0168 e. The van der Waals surface area contributed by atoms with Crippen molar-refractivity contribution in [1.29, 1.82) is 0 Å². The highest BCUT2D eigenvalue weighted by Gasteiger charge is 2.15. The monoisotopic (exact) mass is 122 g/mol. The number of hydrogen-bond acceptors (Lipinski definition) is 0. The molecular formula is C9H14. The highest BCUT2D eigenvalue weighted by Crippen LogP contribution is 2.27. The van der Waals surface area contributed by atoms with E-state index in [1.54, 1.807) is 0 Å². The zero-order valence-corrected chi connectivity index (χ0v) is 6.22. The molecule has 0 saturated carbocycles. The van der Waals surface area contributed by atoms with Gasteiger partial charge in [0.05, 0.1) is 0 Å². The molecule has 0 radical (unpaired) electrons. The van der Waals surface area contributed by atoms with Gasteiger partial charge in [0.2, 0.25) is 0 Å². The first-order valence-electron chi connectivity index (χ1n) is 3.57. The Hall–Kier alpha value is -0.520. The van der Waals surface area contributed by atoms with Crippen molar-refractivity contribution in [3.8, 4) is 0 Å². The van der Waals surface area contributed by atoms with Crippen LogP contribution in [0.15, 0.2) is 24.3 Å². The zero-order valence-electron chi connectivity index (χ0n) is 6.22. The van der Waals surface area contributed by atoms with Gasteiger partial charge in [-0.2, -0.15) is 0 Å². The van der Waals surface area contributed by atoms with Gasteiger partial charge in [0, 0.05) is 0 Å². The third-order valence-electron chi connectivity index (χ3n) is 2.28. The Morgan fingerprint density at radius 1 is 1.56 bits per heavy atom. The number of hydrogen-bond donors (Lipinski definition) is 0. The van der Waals surface area contributed by atoms with Gasteiger partial charge in [0.25, 0.3) is 0 Å². The molecule has 0 nitrogen and oxygen atoms in total. The third-order valence-corrected chi connectivity index (χ3v) is 2.28. The minimum atomic E-state index is 0.690. The summed E-state index contributed by atoms with van der Waals surface area (Å²) in [6, 6.07) is 0. The second-order valence-electron chi connectivity index (χ2n) is 2.98. The first kappa shape index (κ1) is 6.60. The molecule has 0 spiro atoms. The Balaban J connectivity index is 2.69. The van der Waals surface area contributed by atoms with Gasteiger partial charge >= 0.3 is 0 Å². The molecule has 2 atom stereocenters. The van der Waals surface area contributed by atoms with Gasteiger partial charge in [-0.05, 0) is 18.3 Å². The predicted octanol–water partition coefficient (Wildman–Crippen LogP) is 2.77. The normalized spacial score (nSPS) is 35.1. The summed E-state index contributed by atoms with van der Waals surface area (Å²) in [5.41, 5.74) is 1.29. The van der Waals surface area contributed by atoms with Gasteiger partial charge < -0.3 is 0 Å². The molecule has 1 aliphatic rings. The summed E-state index contributed by atoms with van der Waals surface area (Å²) < 4.78 is 0. The highest BCUT2D eigenvalue weighted by molar-refractivity contribution is 5.21. The van der Waals surface area contributed by atoms with Crippen LogP contribution in [0.2, 0.25) is 0 Å². The van der Waals surface area contributed by atoms with Crippen molar-refractivity contribution in [2.24, 2.45) is 11.8 Å². The summed E-state index contributed by atoms with van der Waals surface area (Å²) in [6.07, 6.45) is 5.58. The lowest BCUT2D eigenvalue weighted by Crippen LogP contribution is -2.11. The van der Waals surface area contributed by atoms with Crippen molar-refractivity contribution in [3.63, 3.8) is 0 Å². The minimum absolute atomic E-state index is 0.690. The largest absolute Gasteiger partial charge is 0.0956 e. The Morgan fingerprint density at radius 2 is 2.22 bits per heavy atom. The molecule has 0 fully saturated rings. The van der Waals surface area contributed by atoms with Crippen LogP contribution in [0, 0.1) is 11.8 Å². The molecule has 0 aromatic rings. The third kappa shape index (κ3) is 1.24. The molecule has 0 N–H and O–H groups in total. The number of rotatable bonds is 0. The molecule has 0 saturated heterocycles. The van der Waals surface area contributed by atoms with Crippen LogP contribution in [0.3, 0.4) is 0 Å². The fourth-order valence-electron chi connectivity index (χ4n) is 1.16. The molecule has 0 amide bonds. The average molecular weight is 122 g/mol. The second kappa shape index (κ2) is 2.38. The van der Waals surface area contributed by atoms with Crippen molar-refractivity contribution in [3.05, 3.63) is 24.3 Å². The SMILES string of the molecule is C=C1C=CCC(C)C1C. The molecule has 0 heteroatoms. The van der Waals surface area contributed by atoms with Crippen molar-refractivity contribution < 1.29 is 0 Å². The van der Waals surface area contributed by atoms with Crippen LogP contribution in [0.5, 0.6) is 0 Å². The molecule has 1 rings (SSSR count). The summed E-state index contributed by atoms with van der Waals surface area (Å²) in [7, 11) is 0. The molecule has 1 aliphatic carbocycles. The van der Waals surface area contributed by atoms with E-state index in [0.717, 1.165) is 5.92 Å². The summed E-state index contributed by atoms with van der Waals surface area (Å²) in [5, 5.41) is 0. The quantitative estimate of drug-likeness (QED) is 0.463. The lowest BCUT2D eigenvalue weighted by atomic mass is 9.83. The van der Waals surface area contributed by atoms with E-state index in [1.165, 1.54) is 12.0 Å². The van der Waals surface area contributed by atoms with Crippen molar-refractivity contribution in [2.75, 3.05) is 0 Å². The second-order valence-corrected chi connectivity index (χ2v) is 2.98. The van der Waals surface area contributed by atoms with E-state index in [-0.39, 0.29) is 0 Å². The van der Waals surface area contributed by atoms with Crippen LogP contribution in [-0.4, -0.2) is 0 Å². The maximum absolute atomic E-state index is 3.96. The van der Waals surface area contributed by atoms with Gasteiger partial charge in [0.1, 0.15) is 0 Å². The molecule has 0 heterocycles. The summed E-state index contributed by atoms with van der Waals surface area (Å²) in [5.74, 6) is 1.48. The Kier molecular flexibility index (Phi) is 1.75. The minimum Gasteiger partial charge on any atom is -0.0956 e. The fourth-order valence-corrected chi connectivity index (χ4v) is 1.16. The molecule has 0 aromatic heterocycles. The first-order valence-corrected chi connectivity index (χ1v) is 3.57. The molecular weight excluding hydrogens is 108 g/mol. The van der Waals surface area contributed by atoms with E-state index >= 15 is 0 Å². The molecule has 50 valence electrons. The van der Waals surface area contributed by atoms with Gasteiger partial charge in [0.15, 0.2) is 0 Å². The smallest absolute Gasteiger partial charge is 0.0168 e. The van der Waals surface area contributed by atoms with E-state index in [0.29, 0.717) is 5.92 Å². The van der Waals surface area contributed by atoms with E-state index in [9.17, 15) is 0 Å². The van der Waals surface area contributed by atoms with Crippen LogP contribution < -0.4 is 0 Å². The lowest BCUT2D eigenvalue weighted by Gasteiger charge is -2.22. The topological polar surface area (TPSA) is 0 Å². The molecule has 0 bridgehead atoms. The molecule has 2 unspecified atom stereocenters. The van der Waals surface area contributed by atoms with E-state index in [2.05, 4.69) is 32.6 Å². The Labute approximate surface area is 57.3 Å². The van der Waals surface area contributed by atoms with Gasteiger partial charge in [-0.25, -0.2) is 0 Å². The fraction of sp³-hybridized carbons (Fsp3) is 0.556. The van der Waals surface area contributed by atoms with Crippen molar-refractivity contribution in [2.45, 2.75) is 20.3 Å². The molecule has 9 heavy (non-hydrogen) atoms. The van der Waals surface area contributed by atoms with E-state index in [1.807, 2.05) is 0 Å². The first-order chi connectivity index (χ1) is 4.22. The van der Waals surface area contributed by atoms with Gasteiger partial charge in [-0.15, -0.1) is 0 Å². The number of allylic oxidation sites excluding steroid dienone is 3. The highest BCUT2D eigenvalue weighted by atomic mass is 14.2. The van der Waals surface area contributed by atoms with Crippen molar-refractivity contribution in [1.82, 2.24) is 0 Å². The summed E-state index contributed by atoms with van der Waals surface area (Å²) in [4.78, 5) is 0. The van der Waals surface area contributed by atoms with Crippen LogP contribution >= 0.6 is 0 Å². The standard InChI is InChI=1S/C9H14/c1-7-5-4-6-8(2)9(7)3/h4-5,8-9H,1,6H2,2-3H3. The average Bonchev–Trinajstić information content (AvgIpc) is 1.83. The van der Waals surface area contributed by atoms with Crippen LogP contribution in [-0.2, 0) is 0 Å². The van der Waals surface area contributed by atoms with Crippen LogP contribution in [0.4, 0.5) is 0 Å². The van der Waals surface area contributed by atoms with Gasteiger partial charge in [-0.1, -0.05) is 38.2 Å². The summed E-state index contributed by atoms with van der Waals surface area (Å²) in [6.45, 7) is 8.48. The Bertz CT molecular complexity index is 142. The molecule has 0 aromatic carbocycles. The van der Waals surface area contributed by atoms with Gasteiger partial charge in [-0.3, -0.25) is 0 Å². The predicted molar refractivity (Wildman–Crippen MR) is 41.2 cm³/mol. The molecule has 0 aliphatic heterocycles. The van der Waals surface area contributed by atoms with Crippen LogP contribution in [0.25, 0.3) is 0 Å². The lowest BCUT2D eigenvalue weighted by molar-refractivity contribution is 0.441. The Morgan fingerprint density at radius 3 is 2.67 bits per heavy atom.